The molecule has 88 valence electrons. The van der Waals surface area contributed by atoms with E-state index >= 15 is 0 Å². The molecule has 1 aromatic rings. The van der Waals surface area contributed by atoms with Gasteiger partial charge < -0.3 is 11.1 Å². The van der Waals surface area contributed by atoms with Crippen LogP contribution in [0.2, 0.25) is 0 Å². The summed E-state index contributed by atoms with van der Waals surface area (Å²) >= 11 is 0. The van der Waals surface area contributed by atoms with Crippen LogP contribution in [0.25, 0.3) is 0 Å². The number of carbonyl (C=O) groups excluding carboxylic acids is 1. The van der Waals surface area contributed by atoms with Gasteiger partial charge in [-0.05, 0) is 31.0 Å². The van der Waals surface area contributed by atoms with Crippen molar-refractivity contribution in [3.8, 4) is 0 Å². The highest BCUT2D eigenvalue weighted by Crippen LogP contribution is 2.16. The molecule has 1 rings (SSSR count). The Kier molecular flexibility index (Phi) is 4.28. The zero-order valence-electron chi connectivity index (χ0n) is 9.64. The molecular weight excluding hydrogens is 207 g/mol. The van der Waals surface area contributed by atoms with Gasteiger partial charge in [-0.15, -0.1) is 0 Å². The van der Waals surface area contributed by atoms with Gasteiger partial charge in [0, 0.05) is 12.2 Å². The Balaban J connectivity index is 2.82. The fourth-order valence-electron chi connectivity index (χ4n) is 1.44. The van der Waals surface area contributed by atoms with Gasteiger partial charge in [-0.2, -0.15) is 0 Å². The van der Waals surface area contributed by atoms with Crippen LogP contribution in [0.5, 0.6) is 0 Å². The van der Waals surface area contributed by atoms with Crippen LogP contribution in [0.3, 0.4) is 0 Å². The van der Waals surface area contributed by atoms with Gasteiger partial charge in [0.2, 0.25) is 0 Å². The molecule has 0 fully saturated rings. The van der Waals surface area contributed by atoms with Crippen LogP contribution in [-0.2, 0) is 0 Å². The van der Waals surface area contributed by atoms with Crippen LogP contribution in [0.4, 0.5) is 10.1 Å². The lowest BCUT2D eigenvalue weighted by Crippen LogP contribution is -2.25. The quantitative estimate of drug-likeness (QED) is 0.608. The number of nitrogens with two attached hydrogens (primary N) is 1. The average molecular weight is 224 g/mol. The van der Waals surface area contributed by atoms with Gasteiger partial charge in [0.15, 0.2) is 0 Å². The Bertz CT molecular complexity index is 391. The number of nitrogens with one attached hydrogen (secondary N) is 1. The van der Waals surface area contributed by atoms with E-state index in [1.807, 2.05) is 6.92 Å². The molecule has 0 spiro atoms. The molecular formula is C12H17FN2O. The number of hydrogen-bond acceptors (Lipinski definition) is 2. The second kappa shape index (κ2) is 5.49. The van der Waals surface area contributed by atoms with Crippen LogP contribution in [-0.4, -0.2) is 12.5 Å². The molecule has 16 heavy (non-hydrogen) atoms. The summed E-state index contributed by atoms with van der Waals surface area (Å²) in [6, 6.07) is 2.88. The molecule has 1 amide bonds. The number of carbonyl (C=O) groups is 1. The lowest BCUT2D eigenvalue weighted by Gasteiger charge is -2.08. The van der Waals surface area contributed by atoms with Crippen LogP contribution in [0, 0.1) is 12.7 Å². The third-order valence-corrected chi connectivity index (χ3v) is 2.34. The van der Waals surface area contributed by atoms with Gasteiger partial charge in [0.1, 0.15) is 5.82 Å². The molecule has 3 N–H and O–H groups in total. The lowest BCUT2D eigenvalue weighted by molar-refractivity contribution is 0.0949. The first-order valence-corrected chi connectivity index (χ1v) is 5.40. The largest absolute Gasteiger partial charge is 0.399 e. The number of aryl methyl sites for hydroxylation is 1. The highest BCUT2D eigenvalue weighted by Gasteiger charge is 2.13. The zero-order valence-corrected chi connectivity index (χ0v) is 9.64. The molecule has 1 aromatic carbocycles. The maximum atomic E-state index is 13.6. The summed E-state index contributed by atoms with van der Waals surface area (Å²) in [7, 11) is 0. The fourth-order valence-corrected chi connectivity index (χ4v) is 1.44. The summed E-state index contributed by atoms with van der Waals surface area (Å²) in [5.74, 6) is -0.899. The molecule has 0 atom stereocenters. The summed E-state index contributed by atoms with van der Waals surface area (Å²) in [4.78, 5) is 11.6. The third-order valence-electron chi connectivity index (χ3n) is 2.34. The second-order valence-electron chi connectivity index (χ2n) is 3.81. The predicted octanol–water partition coefficient (Wildman–Crippen LogP) is 2.25. The second-order valence-corrected chi connectivity index (χ2v) is 3.81. The highest BCUT2D eigenvalue weighted by molar-refractivity contribution is 5.95. The van der Waals surface area contributed by atoms with E-state index in [2.05, 4.69) is 5.32 Å². The number of benzene rings is 1. The normalized spacial score (nSPS) is 10.2. The van der Waals surface area contributed by atoms with Crippen LogP contribution >= 0.6 is 0 Å². The summed E-state index contributed by atoms with van der Waals surface area (Å²) in [6.45, 7) is 4.18. The molecule has 0 unspecified atom stereocenters. The molecule has 4 heteroatoms. The molecule has 0 bridgehead atoms. The monoisotopic (exact) mass is 224 g/mol. The smallest absolute Gasteiger partial charge is 0.254 e. The Labute approximate surface area is 94.8 Å². The summed E-state index contributed by atoms with van der Waals surface area (Å²) in [5, 5.41) is 2.66. The van der Waals surface area contributed by atoms with Crippen molar-refractivity contribution in [2.24, 2.45) is 0 Å². The molecule has 0 radical (unpaired) electrons. The van der Waals surface area contributed by atoms with E-state index in [0.717, 1.165) is 12.8 Å². The topological polar surface area (TPSA) is 55.1 Å². The van der Waals surface area contributed by atoms with Crippen LogP contribution in [0.1, 0.15) is 35.7 Å². The fraction of sp³-hybridized carbons (Fsp3) is 0.417. The Morgan fingerprint density at radius 3 is 2.81 bits per heavy atom. The molecule has 0 heterocycles. The van der Waals surface area contributed by atoms with Gasteiger partial charge in [0.05, 0.1) is 5.56 Å². The number of nitrogen functional groups attached to an aromatic ring is 1. The molecule has 0 saturated heterocycles. The summed E-state index contributed by atoms with van der Waals surface area (Å²) in [6.07, 6.45) is 1.87. The molecule has 0 aliphatic carbocycles. The standard InChI is InChI=1S/C12H17FN2O/c1-3-4-5-15-12(16)10-7-9(14)6-8(2)11(10)13/h6-7H,3-5,14H2,1-2H3,(H,15,16). The number of amides is 1. The lowest BCUT2D eigenvalue weighted by atomic mass is 10.1. The molecule has 3 nitrogen and oxygen atoms in total. The van der Waals surface area contributed by atoms with Crippen molar-refractivity contribution in [1.29, 1.82) is 0 Å². The van der Waals surface area contributed by atoms with Crippen molar-refractivity contribution < 1.29 is 9.18 Å². The zero-order chi connectivity index (χ0) is 12.1. The van der Waals surface area contributed by atoms with Crippen LogP contribution in [0.15, 0.2) is 12.1 Å². The van der Waals surface area contributed by atoms with Gasteiger partial charge >= 0.3 is 0 Å². The van der Waals surface area contributed by atoms with Crippen LogP contribution < -0.4 is 11.1 Å². The SMILES string of the molecule is CCCCNC(=O)c1cc(N)cc(C)c1F. The highest BCUT2D eigenvalue weighted by atomic mass is 19.1. The van der Waals surface area contributed by atoms with E-state index in [-0.39, 0.29) is 5.56 Å². The van der Waals surface area contributed by atoms with Gasteiger partial charge in [-0.1, -0.05) is 13.3 Å². The first kappa shape index (κ1) is 12.5. The van der Waals surface area contributed by atoms with E-state index in [4.69, 9.17) is 5.73 Å². The first-order chi connectivity index (χ1) is 7.56. The van der Waals surface area contributed by atoms with E-state index < -0.39 is 11.7 Å². The minimum atomic E-state index is -0.497. The third kappa shape index (κ3) is 2.95. The molecule has 0 saturated carbocycles. The van der Waals surface area contributed by atoms with Gasteiger partial charge in [0.25, 0.3) is 5.91 Å². The average Bonchev–Trinajstić information content (AvgIpc) is 2.23. The Morgan fingerprint density at radius 1 is 1.50 bits per heavy atom. The van der Waals surface area contributed by atoms with Crippen molar-refractivity contribution in [3.05, 3.63) is 29.1 Å². The summed E-state index contributed by atoms with van der Waals surface area (Å²) in [5.41, 5.74) is 6.39. The Hall–Kier alpha value is -1.58. The first-order valence-electron chi connectivity index (χ1n) is 5.40. The van der Waals surface area contributed by atoms with Crippen molar-refractivity contribution in [1.82, 2.24) is 5.32 Å². The maximum Gasteiger partial charge on any atom is 0.254 e. The Morgan fingerprint density at radius 2 is 2.19 bits per heavy atom. The number of hydrogen-bond donors (Lipinski definition) is 2. The van der Waals surface area contributed by atoms with Crippen molar-refractivity contribution in [2.75, 3.05) is 12.3 Å². The molecule has 0 aromatic heterocycles. The summed E-state index contributed by atoms with van der Waals surface area (Å²) < 4.78 is 13.6. The van der Waals surface area contributed by atoms with Crippen molar-refractivity contribution in [3.63, 3.8) is 0 Å². The molecule has 0 aliphatic rings. The van der Waals surface area contributed by atoms with E-state index in [1.54, 1.807) is 6.92 Å². The predicted molar refractivity (Wildman–Crippen MR) is 62.8 cm³/mol. The van der Waals surface area contributed by atoms with Crippen molar-refractivity contribution in [2.45, 2.75) is 26.7 Å². The minimum Gasteiger partial charge on any atom is -0.399 e. The van der Waals surface area contributed by atoms with E-state index in [1.165, 1.54) is 12.1 Å². The minimum absolute atomic E-state index is 0.0219. The number of unbranched alkanes of at least 4 members (excludes halogenated alkanes) is 1. The van der Waals surface area contributed by atoms with Gasteiger partial charge in [-0.3, -0.25) is 4.79 Å². The number of rotatable bonds is 4. The van der Waals surface area contributed by atoms with E-state index in [9.17, 15) is 9.18 Å². The van der Waals surface area contributed by atoms with Gasteiger partial charge in [-0.25, -0.2) is 4.39 Å². The molecule has 0 aliphatic heterocycles. The number of halogens is 1. The van der Waals surface area contributed by atoms with E-state index in [0.29, 0.717) is 17.8 Å². The van der Waals surface area contributed by atoms with Crippen molar-refractivity contribution >= 4 is 11.6 Å². The maximum absolute atomic E-state index is 13.6. The number of anilines is 1.